The number of guanidine groups is 1. The zero-order valence-electron chi connectivity index (χ0n) is 14.6. The third-order valence-electron chi connectivity index (χ3n) is 3.36. The number of carbonyl (C=O) groups is 1. The molecule has 0 aliphatic carbocycles. The number of benzene rings is 1. The molecule has 142 valence electrons. The lowest BCUT2D eigenvalue weighted by molar-refractivity contribution is 0.0954. The van der Waals surface area contributed by atoms with Crippen molar-refractivity contribution in [2.24, 2.45) is 4.99 Å². The summed E-state index contributed by atoms with van der Waals surface area (Å²) >= 11 is 5.81. The van der Waals surface area contributed by atoms with Gasteiger partial charge in [-0.25, -0.2) is 0 Å². The molecule has 0 unspecified atom stereocenters. The van der Waals surface area contributed by atoms with Gasteiger partial charge in [-0.3, -0.25) is 9.79 Å². The van der Waals surface area contributed by atoms with E-state index in [1.54, 1.807) is 30.5 Å². The number of nitrogens with one attached hydrogen (secondary N) is 3. The highest BCUT2D eigenvalue weighted by Crippen LogP contribution is 2.09. The van der Waals surface area contributed by atoms with Gasteiger partial charge in [-0.05, 0) is 43.3 Å². The maximum absolute atomic E-state index is 12.0. The number of hydrogen-bond acceptors (Lipinski definition) is 3. The summed E-state index contributed by atoms with van der Waals surface area (Å²) in [6.45, 7) is 4.46. The van der Waals surface area contributed by atoms with Crippen LogP contribution in [-0.2, 0) is 6.42 Å². The number of rotatable bonds is 8. The average molecular weight is 491 g/mol. The van der Waals surface area contributed by atoms with Gasteiger partial charge in [0.15, 0.2) is 5.96 Å². The van der Waals surface area contributed by atoms with E-state index in [4.69, 9.17) is 16.0 Å². The van der Waals surface area contributed by atoms with Gasteiger partial charge in [-0.1, -0.05) is 11.6 Å². The second-order valence-corrected chi connectivity index (χ2v) is 5.72. The number of hydrogen-bond donors (Lipinski definition) is 3. The zero-order chi connectivity index (χ0) is 17.9. The van der Waals surface area contributed by atoms with E-state index in [9.17, 15) is 4.79 Å². The van der Waals surface area contributed by atoms with Crippen molar-refractivity contribution in [3.63, 3.8) is 0 Å². The van der Waals surface area contributed by atoms with Crippen LogP contribution in [0.15, 0.2) is 52.1 Å². The monoisotopic (exact) mass is 490 g/mol. The summed E-state index contributed by atoms with van der Waals surface area (Å²) in [4.78, 5) is 16.5. The highest BCUT2D eigenvalue weighted by molar-refractivity contribution is 14.0. The van der Waals surface area contributed by atoms with Gasteiger partial charge in [0.2, 0.25) is 0 Å². The molecule has 3 N–H and O–H groups in total. The largest absolute Gasteiger partial charge is 0.469 e. The first-order valence-electron chi connectivity index (χ1n) is 8.27. The first-order chi connectivity index (χ1) is 12.2. The average Bonchev–Trinajstić information content (AvgIpc) is 3.12. The molecule has 2 aromatic rings. The Morgan fingerprint density at radius 2 is 1.85 bits per heavy atom. The van der Waals surface area contributed by atoms with Gasteiger partial charge in [0, 0.05) is 43.2 Å². The molecular weight excluding hydrogens is 467 g/mol. The van der Waals surface area contributed by atoms with Gasteiger partial charge in [-0.2, -0.15) is 0 Å². The Morgan fingerprint density at radius 3 is 2.50 bits per heavy atom. The first kappa shape index (κ1) is 22.3. The molecule has 0 atom stereocenters. The van der Waals surface area contributed by atoms with Crippen LogP contribution in [0, 0.1) is 0 Å². The summed E-state index contributed by atoms with van der Waals surface area (Å²) in [5.41, 5.74) is 0.587. The van der Waals surface area contributed by atoms with Crippen LogP contribution in [0.5, 0.6) is 0 Å². The Hall–Kier alpha value is -1.74. The fourth-order valence-electron chi connectivity index (χ4n) is 2.13. The minimum absolute atomic E-state index is 0. The number of carbonyl (C=O) groups excluding carboxylic acids is 1. The minimum Gasteiger partial charge on any atom is -0.469 e. The summed E-state index contributed by atoms with van der Waals surface area (Å²) in [6.07, 6.45) is 2.41. The zero-order valence-corrected chi connectivity index (χ0v) is 17.7. The molecule has 1 amide bonds. The van der Waals surface area contributed by atoms with Crippen molar-refractivity contribution in [1.29, 1.82) is 0 Å². The molecule has 2 rings (SSSR count). The van der Waals surface area contributed by atoms with E-state index < -0.39 is 0 Å². The highest BCUT2D eigenvalue weighted by Gasteiger charge is 2.04. The van der Waals surface area contributed by atoms with E-state index in [1.807, 2.05) is 19.1 Å². The smallest absolute Gasteiger partial charge is 0.251 e. The van der Waals surface area contributed by atoms with Crippen molar-refractivity contribution < 1.29 is 9.21 Å². The van der Waals surface area contributed by atoms with E-state index >= 15 is 0 Å². The van der Waals surface area contributed by atoms with Gasteiger partial charge in [0.1, 0.15) is 5.76 Å². The number of amides is 1. The third kappa shape index (κ3) is 8.09. The SMILES string of the molecule is CCNC(=NCCc1ccco1)NCCNC(=O)c1ccc(Cl)cc1.I. The summed E-state index contributed by atoms with van der Waals surface area (Å²) < 4.78 is 5.28. The Morgan fingerprint density at radius 1 is 1.12 bits per heavy atom. The van der Waals surface area contributed by atoms with Gasteiger partial charge < -0.3 is 20.4 Å². The molecule has 0 saturated carbocycles. The van der Waals surface area contributed by atoms with Crippen molar-refractivity contribution in [1.82, 2.24) is 16.0 Å². The Kier molecular flexibility index (Phi) is 10.8. The predicted octanol–water partition coefficient (Wildman–Crippen LogP) is 3.08. The van der Waals surface area contributed by atoms with E-state index in [2.05, 4.69) is 20.9 Å². The molecule has 0 aliphatic heterocycles. The van der Waals surface area contributed by atoms with E-state index in [0.717, 1.165) is 24.7 Å². The predicted molar refractivity (Wildman–Crippen MR) is 116 cm³/mol. The molecule has 0 aliphatic rings. The fraction of sp³-hybridized carbons (Fsp3) is 0.333. The molecule has 6 nitrogen and oxygen atoms in total. The Labute approximate surface area is 175 Å². The topological polar surface area (TPSA) is 78.7 Å². The van der Waals surface area contributed by atoms with Gasteiger partial charge in [0.25, 0.3) is 5.91 Å². The van der Waals surface area contributed by atoms with Crippen LogP contribution in [0.25, 0.3) is 0 Å². The molecule has 0 radical (unpaired) electrons. The lowest BCUT2D eigenvalue weighted by Crippen LogP contribution is -2.41. The van der Waals surface area contributed by atoms with Gasteiger partial charge in [0.05, 0.1) is 6.26 Å². The minimum atomic E-state index is -0.127. The standard InChI is InChI=1S/C18H23ClN4O2.HI/c1-2-20-18(22-10-9-16-4-3-13-25-16)23-12-11-21-17(24)14-5-7-15(19)8-6-14;/h3-8,13H,2,9-12H2,1H3,(H,21,24)(H2,20,22,23);1H. The van der Waals surface area contributed by atoms with Crippen LogP contribution in [0.4, 0.5) is 0 Å². The van der Waals surface area contributed by atoms with Crippen molar-refractivity contribution in [3.8, 4) is 0 Å². The highest BCUT2D eigenvalue weighted by atomic mass is 127. The molecule has 1 aromatic carbocycles. The summed E-state index contributed by atoms with van der Waals surface area (Å²) in [5.74, 6) is 1.50. The Bertz CT molecular complexity index is 675. The maximum Gasteiger partial charge on any atom is 0.251 e. The molecule has 26 heavy (non-hydrogen) atoms. The molecule has 0 saturated heterocycles. The van der Waals surface area contributed by atoms with Crippen LogP contribution in [0.3, 0.4) is 0 Å². The number of aliphatic imine (C=N–C) groups is 1. The molecule has 1 aromatic heterocycles. The summed E-state index contributed by atoms with van der Waals surface area (Å²) in [7, 11) is 0. The van der Waals surface area contributed by atoms with Crippen molar-refractivity contribution in [2.45, 2.75) is 13.3 Å². The molecule has 0 spiro atoms. The first-order valence-corrected chi connectivity index (χ1v) is 8.65. The quantitative estimate of drug-likeness (QED) is 0.230. The third-order valence-corrected chi connectivity index (χ3v) is 3.61. The molecule has 8 heteroatoms. The Balaban J connectivity index is 0.00000338. The van der Waals surface area contributed by atoms with Crippen molar-refractivity contribution in [2.75, 3.05) is 26.2 Å². The lowest BCUT2D eigenvalue weighted by Gasteiger charge is -2.11. The maximum atomic E-state index is 12.0. The van der Waals surface area contributed by atoms with Crippen LogP contribution < -0.4 is 16.0 Å². The number of furan rings is 1. The van der Waals surface area contributed by atoms with Crippen LogP contribution in [-0.4, -0.2) is 38.0 Å². The second kappa shape index (κ2) is 12.6. The van der Waals surface area contributed by atoms with E-state index in [-0.39, 0.29) is 29.9 Å². The molecule has 0 fully saturated rings. The molecule has 1 heterocycles. The lowest BCUT2D eigenvalue weighted by atomic mass is 10.2. The van der Waals surface area contributed by atoms with Crippen LogP contribution in [0.1, 0.15) is 23.0 Å². The number of halogens is 2. The van der Waals surface area contributed by atoms with E-state index in [0.29, 0.717) is 30.2 Å². The van der Waals surface area contributed by atoms with Gasteiger partial charge >= 0.3 is 0 Å². The van der Waals surface area contributed by atoms with Crippen LogP contribution in [0.2, 0.25) is 5.02 Å². The summed E-state index contributed by atoms with van der Waals surface area (Å²) in [6, 6.07) is 10.6. The van der Waals surface area contributed by atoms with Crippen molar-refractivity contribution >= 4 is 47.4 Å². The summed E-state index contributed by atoms with van der Waals surface area (Å²) in [5, 5.41) is 9.82. The normalized spacial score (nSPS) is 10.8. The van der Waals surface area contributed by atoms with Crippen LogP contribution >= 0.6 is 35.6 Å². The second-order valence-electron chi connectivity index (χ2n) is 5.28. The van der Waals surface area contributed by atoms with Crippen molar-refractivity contribution in [3.05, 3.63) is 59.0 Å². The molecule has 0 bridgehead atoms. The van der Waals surface area contributed by atoms with Gasteiger partial charge in [-0.15, -0.1) is 24.0 Å². The fourth-order valence-corrected chi connectivity index (χ4v) is 2.26. The number of nitrogens with zero attached hydrogens (tertiary/aromatic N) is 1. The molecular formula is C18H24ClIN4O2. The van der Waals surface area contributed by atoms with E-state index in [1.165, 1.54) is 0 Å².